The molecular formula is C12H16F2N2. The van der Waals surface area contributed by atoms with E-state index in [4.69, 9.17) is 5.73 Å². The fraction of sp³-hybridized carbons (Fsp3) is 0.500. The van der Waals surface area contributed by atoms with E-state index in [1.165, 1.54) is 6.07 Å². The second-order valence-corrected chi connectivity index (χ2v) is 4.37. The van der Waals surface area contributed by atoms with E-state index in [-0.39, 0.29) is 5.56 Å². The van der Waals surface area contributed by atoms with Crippen LogP contribution in [0.2, 0.25) is 0 Å². The molecule has 16 heavy (non-hydrogen) atoms. The summed E-state index contributed by atoms with van der Waals surface area (Å²) in [6, 6.07) is 3.03. The Labute approximate surface area is 93.8 Å². The molecule has 2 rings (SSSR count). The number of halogens is 2. The number of nitrogens with one attached hydrogen (secondary N) is 1. The Morgan fingerprint density at radius 2 is 2.25 bits per heavy atom. The van der Waals surface area contributed by atoms with Crippen LogP contribution in [0.5, 0.6) is 0 Å². The molecule has 1 heterocycles. The van der Waals surface area contributed by atoms with E-state index in [1.807, 2.05) is 0 Å². The molecule has 1 aromatic rings. The van der Waals surface area contributed by atoms with E-state index in [0.29, 0.717) is 12.3 Å². The summed E-state index contributed by atoms with van der Waals surface area (Å²) in [5, 5.41) is 3.23. The van der Waals surface area contributed by atoms with Crippen molar-refractivity contribution in [3.8, 4) is 0 Å². The van der Waals surface area contributed by atoms with Gasteiger partial charge in [-0.1, -0.05) is 0 Å². The molecule has 0 saturated carbocycles. The third kappa shape index (κ3) is 2.57. The minimum absolute atomic E-state index is 0.284. The molecule has 0 amide bonds. The first-order valence-electron chi connectivity index (χ1n) is 5.58. The summed E-state index contributed by atoms with van der Waals surface area (Å²) in [7, 11) is 0. The Bertz CT molecular complexity index is 362. The molecule has 0 aliphatic carbocycles. The molecule has 2 atom stereocenters. The van der Waals surface area contributed by atoms with Crippen LogP contribution in [0.15, 0.2) is 18.2 Å². The second-order valence-electron chi connectivity index (χ2n) is 4.37. The first kappa shape index (κ1) is 11.5. The maximum atomic E-state index is 13.4. The molecule has 1 aliphatic rings. The summed E-state index contributed by atoms with van der Waals surface area (Å²) in [5.41, 5.74) is 6.19. The van der Waals surface area contributed by atoms with Gasteiger partial charge >= 0.3 is 0 Å². The number of hydrogen-bond donors (Lipinski definition) is 2. The predicted octanol–water partition coefficient (Wildman–Crippen LogP) is 1.96. The molecule has 2 unspecified atom stereocenters. The van der Waals surface area contributed by atoms with Crippen molar-refractivity contribution in [3.63, 3.8) is 0 Å². The van der Waals surface area contributed by atoms with Crippen LogP contribution in [0.25, 0.3) is 0 Å². The summed E-state index contributed by atoms with van der Waals surface area (Å²) < 4.78 is 26.4. The lowest BCUT2D eigenvalue weighted by atomic mass is 9.94. The molecule has 1 saturated heterocycles. The Kier molecular flexibility index (Phi) is 3.51. The van der Waals surface area contributed by atoms with Crippen molar-refractivity contribution in [1.29, 1.82) is 0 Å². The minimum atomic E-state index is -0.434. The molecule has 0 radical (unpaired) electrons. The van der Waals surface area contributed by atoms with E-state index < -0.39 is 17.7 Å². The van der Waals surface area contributed by atoms with E-state index in [2.05, 4.69) is 5.32 Å². The van der Waals surface area contributed by atoms with Gasteiger partial charge in [-0.25, -0.2) is 8.78 Å². The Balaban J connectivity index is 2.07. The Morgan fingerprint density at radius 3 is 2.94 bits per heavy atom. The molecule has 0 bridgehead atoms. The fourth-order valence-corrected chi connectivity index (χ4v) is 2.20. The van der Waals surface area contributed by atoms with E-state index in [9.17, 15) is 8.78 Å². The van der Waals surface area contributed by atoms with Gasteiger partial charge in [0.05, 0.1) is 0 Å². The quantitative estimate of drug-likeness (QED) is 0.827. The molecular weight excluding hydrogens is 210 g/mol. The Morgan fingerprint density at radius 1 is 1.44 bits per heavy atom. The fourth-order valence-electron chi connectivity index (χ4n) is 2.20. The molecule has 2 nitrogen and oxygen atoms in total. The van der Waals surface area contributed by atoms with E-state index in [0.717, 1.165) is 31.6 Å². The number of rotatable bonds is 3. The van der Waals surface area contributed by atoms with Gasteiger partial charge in [-0.3, -0.25) is 0 Å². The van der Waals surface area contributed by atoms with Crippen LogP contribution in [0.4, 0.5) is 8.78 Å². The van der Waals surface area contributed by atoms with Gasteiger partial charge in [0.1, 0.15) is 11.6 Å². The topological polar surface area (TPSA) is 38.0 Å². The zero-order valence-electron chi connectivity index (χ0n) is 9.05. The van der Waals surface area contributed by atoms with Gasteiger partial charge in [0.15, 0.2) is 0 Å². The van der Waals surface area contributed by atoms with Gasteiger partial charge in [0, 0.05) is 11.6 Å². The monoisotopic (exact) mass is 226 g/mol. The van der Waals surface area contributed by atoms with Gasteiger partial charge in [-0.05, 0) is 50.0 Å². The zero-order valence-corrected chi connectivity index (χ0v) is 9.05. The highest BCUT2D eigenvalue weighted by atomic mass is 19.1. The van der Waals surface area contributed by atoms with Crippen molar-refractivity contribution in [2.45, 2.75) is 18.9 Å². The van der Waals surface area contributed by atoms with E-state index in [1.54, 1.807) is 0 Å². The maximum absolute atomic E-state index is 13.4. The van der Waals surface area contributed by atoms with Gasteiger partial charge < -0.3 is 11.1 Å². The SMILES string of the molecule is NC(CC1CCNC1)c1cc(F)ccc1F. The smallest absolute Gasteiger partial charge is 0.128 e. The normalized spacial score (nSPS) is 22.3. The lowest BCUT2D eigenvalue weighted by molar-refractivity contribution is 0.456. The molecule has 4 heteroatoms. The van der Waals surface area contributed by atoms with Crippen LogP contribution in [0.3, 0.4) is 0 Å². The third-order valence-corrected chi connectivity index (χ3v) is 3.11. The second kappa shape index (κ2) is 4.89. The highest BCUT2D eigenvalue weighted by Crippen LogP contribution is 2.25. The maximum Gasteiger partial charge on any atom is 0.128 e. The summed E-state index contributed by atoms with van der Waals surface area (Å²) >= 11 is 0. The molecule has 88 valence electrons. The average Bonchev–Trinajstić information content (AvgIpc) is 2.74. The van der Waals surface area contributed by atoms with Gasteiger partial charge in [0.2, 0.25) is 0 Å². The number of hydrogen-bond acceptors (Lipinski definition) is 2. The van der Waals surface area contributed by atoms with Crippen molar-refractivity contribution in [2.24, 2.45) is 11.7 Å². The first-order valence-corrected chi connectivity index (χ1v) is 5.58. The highest BCUT2D eigenvalue weighted by Gasteiger charge is 2.20. The summed E-state index contributed by atoms with van der Waals surface area (Å²) in [6.07, 6.45) is 1.76. The highest BCUT2D eigenvalue weighted by molar-refractivity contribution is 5.22. The van der Waals surface area contributed by atoms with Crippen LogP contribution >= 0.6 is 0 Å². The molecule has 1 aliphatic heterocycles. The zero-order chi connectivity index (χ0) is 11.5. The van der Waals surface area contributed by atoms with Gasteiger partial charge in [0.25, 0.3) is 0 Å². The van der Waals surface area contributed by atoms with Crippen LogP contribution in [0.1, 0.15) is 24.4 Å². The van der Waals surface area contributed by atoms with Crippen LogP contribution in [0, 0.1) is 17.6 Å². The van der Waals surface area contributed by atoms with Crippen LogP contribution in [-0.2, 0) is 0 Å². The number of benzene rings is 1. The van der Waals surface area contributed by atoms with Crippen molar-refractivity contribution in [1.82, 2.24) is 5.32 Å². The van der Waals surface area contributed by atoms with E-state index >= 15 is 0 Å². The first-order chi connectivity index (χ1) is 7.66. The van der Waals surface area contributed by atoms with Gasteiger partial charge in [-0.2, -0.15) is 0 Å². The van der Waals surface area contributed by atoms with Crippen molar-refractivity contribution < 1.29 is 8.78 Å². The van der Waals surface area contributed by atoms with Crippen molar-refractivity contribution >= 4 is 0 Å². The van der Waals surface area contributed by atoms with Crippen LogP contribution < -0.4 is 11.1 Å². The standard InChI is InChI=1S/C12H16F2N2/c13-9-1-2-11(14)10(6-9)12(15)5-8-3-4-16-7-8/h1-2,6,8,12,16H,3-5,7,15H2. The largest absolute Gasteiger partial charge is 0.324 e. The number of nitrogens with two attached hydrogens (primary N) is 1. The summed E-state index contributed by atoms with van der Waals surface area (Å²) in [4.78, 5) is 0. The molecule has 3 N–H and O–H groups in total. The third-order valence-electron chi connectivity index (χ3n) is 3.11. The molecule has 1 aromatic carbocycles. The Hall–Kier alpha value is -1.00. The lowest BCUT2D eigenvalue weighted by Crippen LogP contribution is -2.18. The molecule has 0 spiro atoms. The van der Waals surface area contributed by atoms with Crippen molar-refractivity contribution in [3.05, 3.63) is 35.4 Å². The molecule has 1 fully saturated rings. The average molecular weight is 226 g/mol. The van der Waals surface area contributed by atoms with Crippen LogP contribution in [-0.4, -0.2) is 13.1 Å². The predicted molar refractivity (Wildman–Crippen MR) is 58.9 cm³/mol. The van der Waals surface area contributed by atoms with Gasteiger partial charge in [-0.15, -0.1) is 0 Å². The summed E-state index contributed by atoms with van der Waals surface area (Å²) in [6.45, 7) is 1.91. The molecule has 0 aromatic heterocycles. The minimum Gasteiger partial charge on any atom is -0.324 e. The summed E-state index contributed by atoms with van der Waals surface area (Å²) in [5.74, 6) is -0.381. The van der Waals surface area contributed by atoms with Crippen molar-refractivity contribution in [2.75, 3.05) is 13.1 Å². The lowest BCUT2D eigenvalue weighted by Gasteiger charge is -2.16.